The predicted molar refractivity (Wildman–Crippen MR) is 59.0 cm³/mol. The number of rotatable bonds is 4. The molecule has 0 aliphatic heterocycles. The molecule has 0 bridgehead atoms. The number of nitrogens with one attached hydrogen (secondary N) is 1. The smallest absolute Gasteiger partial charge is 0.247 e. The molecular formula is C9H14N4OS. The lowest BCUT2D eigenvalue weighted by molar-refractivity contribution is -0.120. The van der Waals surface area contributed by atoms with Gasteiger partial charge in [0, 0.05) is 12.4 Å². The zero-order valence-electron chi connectivity index (χ0n) is 8.73. The van der Waals surface area contributed by atoms with E-state index in [1.54, 1.807) is 12.4 Å². The van der Waals surface area contributed by atoms with Crippen LogP contribution in [0.2, 0.25) is 0 Å². The van der Waals surface area contributed by atoms with Crippen molar-refractivity contribution in [3.05, 3.63) is 18.0 Å². The molecule has 0 spiro atoms. The lowest BCUT2D eigenvalue weighted by atomic mass is 10.3. The minimum Gasteiger partial charge on any atom is -0.293 e. The van der Waals surface area contributed by atoms with Crippen molar-refractivity contribution in [1.29, 1.82) is 0 Å². The second-order valence-corrected chi connectivity index (χ2v) is 4.24. The Morgan fingerprint density at radius 3 is 2.67 bits per heavy atom. The van der Waals surface area contributed by atoms with E-state index in [0.29, 0.717) is 11.6 Å². The average Bonchev–Trinajstić information content (AvgIpc) is 2.27. The highest BCUT2D eigenvalue weighted by Crippen LogP contribution is 2.21. The summed E-state index contributed by atoms with van der Waals surface area (Å²) in [5.41, 5.74) is 3.13. The van der Waals surface area contributed by atoms with Crippen LogP contribution in [0.4, 0.5) is 0 Å². The van der Waals surface area contributed by atoms with Gasteiger partial charge in [-0.25, -0.2) is 15.8 Å². The van der Waals surface area contributed by atoms with E-state index in [0.717, 1.165) is 5.56 Å². The Morgan fingerprint density at radius 1 is 1.60 bits per heavy atom. The Labute approximate surface area is 92.8 Å². The quantitative estimate of drug-likeness (QED) is 0.259. The van der Waals surface area contributed by atoms with Gasteiger partial charge in [0.05, 0.1) is 5.25 Å². The second-order valence-electron chi connectivity index (χ2n) is 3.07. The molecule has 0 fully saturated rings. The summed E-state index contributed by atoms with van der Waals surface area (Å²) in [4.78, 5) is 19.5. The summed E-state index contributed by atoms with van der Waals surface area (Å²) in [6, 6.07) is 0. The number of aromatic nitrogens is 2. The van der Waals surface area contributed by atoms with Crippen molar-refractivity contribution >= 4 is 17.7 Å². The summed E-state index contributed by atoms with van der Waals surface area (Å²) in [7, 11) is 0. The van der Waals surface area contributed by atoms with Crippen LogP contribution in [0, 0.1) is 6.92 Å². The van der Waals surface area contributed by atoms with E-state index in [9.17, 15) is 4.79 Å². The van der Waals surface area contributed by atoms with Gasteiger partial charge in [-0.15, -0.1) is 0 Å². The SMILES string of the molecule is CCC(Sc1ncc(C)cn1)C(=O)NN. The molecule has 0 aliphatic carbocycles. The monoisotopic (exact) mass is 226 g/mol. The van der Waals surface area contributed by atoms with Crippen LogP contribution in [0.1, 0.15) is 18.9 Å². The first-order valence-electron chi connectivity index (χ1n) is 4.63. The van der Waals surface area contributed by atoms with E-state index in [-0.39, 0.29) is 11.2 Å². The third-order valence-electron chi connectivity index (χ3n) is 1.81. The van der Waals surface area contributed by atoms with Gasteiger partial charge in [0.1, 0.15) is 0 Å². The van der Waals surface area contributed by atoms with E-state index in [2.05, 4.69) is 15.4 Å². The van der Waals surface area contributed by atoms with Gasteiger partial charge < -0.3 is 0 Å². The van der Waals surface area contributed by atoms with Gasteiger partial charge in [-0.05, 0) is 18.9 Å². The Bertz CT molecular complexity index is 327. The van der Waals surface area contributed by atoms with Crippen LogP contribution in [-0.2, 0) is 4.79 Å². The predicted octanol–water partition coefficient (Wildman–Crippen LogP) is 0.646. The fraction of sp³-hybridized carbons (Fsp3) is 0.444. The maximum absolute atomic E-state index is 11.3. The van der Waals surface area contributed by atoms with Crippen LogP contribution in [0.25, 0.3) is 0 Å². The molecule has 0 radical (unpaired) electrons. The summed E-state index contributed by atoms with van der Waals surface area (Å²) < 4.78 is 0. The largest absolute Gasteiger partial charge is 0.293 e. The molecule has 1 rings (SSSR count). The highest BCUT2D eigenvalue weighted by atomic mass is 32.2. The maximum Gasteiger partial charge on any atom is 0.247 e. The van der Waals surface area contributed by atoms with Gasteiger partial charge in [-0.1, -0.05) is 18.7 Å². The number of nitrogens with zero attached hydrogens (tertiary/aromatic N) is 2. The van der Waals surface area contributed by atoms with Crippen LogP contribution < -0.4 is 11.3 Å². The van der Waals surface area contributed by atoms with Crippen molar-refractivity contribution in [2.45, 2.75) is 30.7 Å². The minimum atomic E-state index is -0.238. The fourth-order valence-electron chi connectivity index (χ4n) is 0.984. The van der Waals surface area contributed by atoms with Crippen LogP contribution >= 0.6 is 11.8 Å². The molecule has 1 heterocycles. The van der Waals surface area contributed by atoms with Gasteiger partial charge in [-0.2, -0.15) is 0 Å². The van der Waals surface area contributed by atoms with Crippen molar-refractivity contribution in [2.24, 2.45) is 5.84 Å². The van der Waals surface area contributed by atoms with Crippen molar-refractivity contribution in [1.82, 2.24) is 15.4 Å². The topological polar surface area (TPSA) is 80.9 Å². The van der Waals surface area contributed by atoms with Gasteiger partial charge in [-0.3, -0.25) is 10.2 Å². The number of thioether (sulfide) groups is 1. The fourth-order valence-corrected chi connectivity index (χ4v) is 1.81. The van der Waals surface area contributed by atoms with E-state index >= 15 is 0 Å². The molecule has 0 aromatic carbocycles. The summed E-state index contributed by atoms with van der Waals surface area (Å²) in [6.07, 6.45) is 4.13. The molecule has 0 saturated heterocycles. The average molecular weight is 226 g/mol. The van der Waals surface area contributed by atoms with Crippen LogP contribution in [0.5, 0.6) is 0 Å². The van der Waals surface area contributed by atoms with Crippen molar-refractivity contribution < 1.29 is 4.79 Å². The number of hydrogen-bond donors (Lipinski definition) is 2. The Kier molecular flexibility index (Phi) is 4.51. The normalized spacial score (nSPS) is 12.2. The molecular weight excluding hydrogens is 212 g/mol. The Hall–Kier alpha value is -1.14. The lowest BCUT2D eigenvalue weighted by Crippen LogP contribution is -2.37. The molecule has 1 atom stereocenters. The molecule has 1 amide bonds. The standard InChI is InChI=1S/C9H14N4OS/c1-3-7(8(14)13-10)15-9-11-4-6(2)5-12-9/h4-5,7H,3,10H2,1-2H3,(H,13,14). The summed E-state index contributed by atoms with van der Waals surface area (Å²) in [5.74, 6) is 4.87. The highest BCUT2D eigenvalue weighted by Gasteiger charge is 2.17. The molecule has 1 unspecified atom stereocenters. The zero-order valence-corrected chi connectivity index (χ0v) is 9.54. The van der Waals surface area contributed by atoms with E-state index < -0.39 is 0 Å². The number of aryl methyl sites for hydroxylation is 1. The minimum absolute atomic E-state index is 0.202. The molecule has 15 heavy (non-hydrogen) atoms. The summed E-state index contributed by atoms with van der Waals surface area (Å²) >= 11 is 1.32. The number of nitrogens with two attached hydrogens (primary N) is 1. The number of amides is 1. The number of hydrogen-bond acceptors (Lipinski definition) is 5. The Balaban J connectivity index is 2.66. The first-order valence-corrected chi connectivity index (χ1v) is 5.51. The summed E-state index contributed by atoms with van der Waals surface area (Å²) in [5, 5.41) is 0.355. The molecule has 1 aromatic rings. The van der Waals surface area contributed by atoms with E-state index in [1.165, 1.54) is 11.8 Å². The van der Waals surface area contributed by atoms with E-state index in [1.807, 2.05) is 13.8 Å². The first-order chi connectivity index (χ1) is 7.17. The van der Waals surface area contributed by atoms with Crippen molar-refractivity contribution in [3.63, 3.8) is 0 Å². The summed E-state index contributed by atoms with van der Waals surface area (Å²) in [6.45, 7) is 3.83. The van der Waals surface area contributed by atoms with Gasteiger partial charge in [0.2, 0.25) is 5.91 Å². The van der Waals surface area contributed by atoms with Crippen molar-refractivity contribution in [3.8, 4) is 0 Å². The highest BCUT2D eigenvalue weighted by molar-refractivity contribution is 8.00. The maximum atomic E-state index is 11.3. The molecule has 5 nitrogen and oxygen atoms in total. The second kappa shape index (κ2) is 5.67. The first kappa shape index (κ1) is 11.9. The molecule has 0 aliphatic rings. The number of carbonyl (C=O) groups excluding carboxylic acids is 1. The number of hydrazine groups is 1. The van der Waals surface area contributed by atoms with Crippen molar-refractivity contribution in [2.75, 3.05) is 0 Å². The third-order valence-corrected chi connectivity index (χ3v) is 3.06. The van der Waals surface area contributed by atoms with E-state index in [4.69, 9.17) is 5.84 Å². The number of carbonyl (C=O) groups is 1. The third kappa shape index (κ3) is 3.49. The van der Waals surface area contributed by atoms with Crippen LogP contribution in [-0.4, -0.2) is 21.1 Å². The van der Waals surface area contributed by atoms with Gasteiger partial charge in [0.15, 0.2) is 5.16 Å². The Morgan fingerprint density at radius 2 is 2.20 bits per heavy atom. The molecule has 3 N–H and O–H groups in total. The zero-order chi connectivity index (χ0) is 11.3. The molecule has 1 aromatic heterocycles. The molecule has 0 saturated carbocycles. The van der Waals surface area contributed by atoms with Gasteiger partial charge >= 0.3 is 0 Å². The van der Waals surface area contributed by atoms with Crippen LogP contribution in [0.3, 0.4) is 0 Å². The van der Waals surface area contributed by atoms with Gasteiger partial charge in [0.25, 0.3) is 0 Å². The lowest BCUT2D eigenvalue weighted by Gasteiger charge is -2.10. The molecule has 82 valence electrons. The van der Waals surface area contributed by atoms with Crippen LogP contribution in [0.15, 0.2) is 17.6 Å². The molecule has 6 heteroatoms.